The topological polar surface area (TPSA) is 72.5 Å². The molecule has 0 aliphatic heterocycles. The number of methoxy groups -OCH3 is 1. The molecular weight excluding hydrogens is 282 g/mol. The fourth-order valence-electron chi connectivity index (χ4n) is 2.59. The molecule has 0 spiro atoms. The molecular formula is C17H31NO4. The average molecular weight is 313 g/mol. The van der Waals surface area contributed by atoms with Crippen LogP contribution in [0.5, 0.6) is 0 Å². The third-order valence-electron chi connectivity index (χ3n) is 3.92. The SMILES string of the molecule is CCC[C@H](CC(=O)C[C@@H](CCCCNC)C(=O)OC)C(C)=O. The van der Waals surface area contributed by atoms with E-state index in [1.807, 2.05) is 14.0 Å². The van der Waals surface area contributed by atoms with Crippen LogP contribution in [-0.2, 0) is 19.1 Å². The molecule has 0 rings (SSSR count). The predicted octanol–water partition coefficient (Wildman–Crippen LogP) is 2.52. The van der Waals surface area contributed by atoms with Crippen LogP contribution in [0.3, 0.4) is 0 Å². The second-order valence-electron chi connectivity index (χ2n) is 5.86. The summed E-state index contributed by atoms with van der Waals surface area (Å²) in [6.45, 7) is 4.42. The van der Waals surface area contributed by atoms with E-state index in [1.54, 1.807) is 0 Å². The van der Waals surface area contributed by atoms with E-state index >= 15 is 0 Å². The molecule has 0 aliphatic carbocycles. The minimum atomic E-state index is -0.386. The van der Waals surface area contributed by atoms with Crippen molar-refractivity contribution in [2.75, 3.05) is 20.7 Å². The van der Waals surface area contributed by atoms with Gasteiger partial charge >= 0.3 is 5.97 Å². The highest BCUT2D eigenvalue weighted by atomic mass is 16.5. The first-order valence-electron chi connectivity index (χ1n) is 8.20. The van der Waals surface area contributed by atoms with E-state index < -0.39 is 0 Å². The lowest BCUT2D eigenvalue weighted by atomic mass is 9.88. The molecule has 0 aromatic heterocycles. The van der Waals surface area contributed by atoms with Crippen molar-refractivity contribution in [1.82, 2.24) is 5.32 Å². The number of unbranched alkanes of at least 4 members (excludes halogenated alkanes) is 1. The molecule has 0 saturated heterocycles. The highest BCUT2D eigenvalue weighted by Crippen LogP contribution is 2.20. The molecule has 0 aliphatic rings. The van der Waals surface area contributed by atoms with Crippen molar-refractivity contribution in [3.8, 4) is 0 Å². The van der Waals surface area contributed by atoms with Gasteiger partial charge in [0.05, 0.1) is 13.0 Å². The van der Waals surface area contributed by atoms with E-state index in [4.69, 9.17) is 4.74 Å². The van der Waals surface area contributed by atoms with Gasteiger partial charge in [-0.25, -0.2) is 0 Å². The number of ketones is 2. The fraction of sp³-hybridized carbons (Fsp3) is 0.824. The van der Waals surface area contributed by atoms with Gasteiger partial charge in [-0.3, -0.25) is 14.4 Å². The van der Waals surface area contributed by atoms with Crippen LogP contribution in [0.25, 0.3) is 0 Å². The Bertz CT molecular complexity index is 355. The normalized spacial score (nSPS) is 13.5. The quantitative estimate of drug-likeness (QED) is 0.418. The Morgan fingerprint density at radius 2 is 1.68 bits per heavy atom. The molecule has 1 N–H and O–H groups in total. The number of hydrogen-bond donors (Lipinski definition) is 1. The number of ether oxygens (including phenoxy) is 1. The zero-order valence-electron chi connectivity index (χ0n) is 14.4. The molecule has 0 aromatic rings. The Morgan fingerprint density at radius 1 is 1.05 bits per heavy atom. The Balaban J connectivity index is 4.46. The molecule has 0 unspecified atom stereocenters. The van der Waals surface area contributed by atoms with Crippen molar-refractivity contribution < 1.29 is 19.1 Å². The van der Waals surface area contributed by atoms with Crippen molar-refractivity contribution in [1.29, 1.82) is 0 Å². The van der Waals surface area contributed by atoms with Crippen molar-refractivity contribution in [2.24, 2.45) is 11.8 Å². The van der Waals surface area contributed by atoms with Gasteiger partial charge in [-0.1, -0.05) is 19.8 Å². The van der Waals surface area contributed by atoms with Gasteiger partial charge in [0.2, 0.25) is 0 Å². The van der Waals surface area contributed by atoms with Crippen LogP contribution < -0.4 is 5.32 Å². The lowest BCUT2D eigenvalue weighted by Crippen LogP contribution is -2.23. The second kappa shape index (κ2) is 12.3. The van der Waals surface area contributed by atoms with E-state index in [9.17, 15) is 14.4 Å². The van der Waals surface area contributed by atoms with Gasteiger partial charge in [-0.05, 0) is 39.8 Å². The first-order chi connectivity index (χ1) is 10.5. The van der Waals surface area contributed by atoms with Gasteiger partial charge in [0.15, 0.2) is 0 Å². The lowest BCUT2D eigenvalue weighted by Gasteiger charge is -2.16. The largest absolute Gasteiger partial charge is 0.469 e. The van der Waals surface area contributed by atoms with E-state index in [2.05, 4.69) is 5.32 Å². The lowest BCUT2D eigenvalue weighted by molar-refractivity contribution is -0.147. The number of esters is 1. The number of Topliss-reactive ketones (excluding diaryl/α,β-unsaturated/α-hetero) is 2. The van der Waals surface area contributed by atoms with Crippen LogP contribution in [-0.4, -0.2) is 38.2 Å². The van der Waals surface area contributed by atoms with Crippen LogP contribution in [0.2, 0.25) is 0 Å². The van der Waals surface area contributed by atoms with E-state index in [0.29, 0.717) is 6.42 Å². The highest BCUT2D eigenvalue weighted by Gasteiger charge is 2.25. The van der Waals surface area contributed by atoms with Gasteiger partial charge in [0.1, 0.15) is 11.6 Å². The van der Waals surface area contributed by atoms with Crippen LogP contribution >= 0.6 is 0 Å². The second-order valence-corrected chi connectivity index (χ2v) is 5.86. The third-order valence-corrected chi connectivity index (χ3v) is 3.92. The van der Waals surface area contributed by atoms with Crippen LogP contribution in [0.15, 0.2) is 0 Å². The summed E-state index contributed by atoms with van der Waals surface area (Å²) in [5, 5.41) is 3.06. The van der Waals surface area contributed by atoms with Crippen LogP contribution in [0.4, 0.5) is 0 Å². The summed E-state index contributed by atoms with van der Waals surface area (Å²) in [5.41, 5.74) is 0. The monoisotopic (exact) mass is 313 g/mol. The molecule has 22 heavy (non-hydrogen) atoms. The number of carbonyl (C=O) groups is 3. The van der Waals surface area contributed by atoms with Crippen LogP contribution in [0, 0.1) is 11.8 Å². The van der Waals surface area contributed by atoms with Gasteiger partial charge < -0.3 is 10.1 Å². The smallest absolute Gasteiger partial charge is 0.309 e. The first-order valence-corrected chi connectivity index (χ1v) is 8.20. The minimum Gasteiger partial charge on any atom is -0.469 e. The zero-order valence-corrected chi connectivity index (χ0v) is 14.4. The maximum absolute atomic E-state index is 12.2. The molecule has 128 valence electrons. The maximum Gasteiger partial charge on any atom is 0.309 e. The van der Waals surface area contributed by atoms with Crippen molar-refractivity contribution in [2.45, 2.75) is 58.8 Å². The Morgan fingerprint density at radius 3 is 2.18 bits per heavy atom. The molecule has 0 fully saturated rings. The summed E-state index contributed by atoms with van der Waals surface area (Å²) in [6.07, 6.45) is 4.52. The maximum atomic E-state index is 12.2. The number of nitrogens with one attached hydrogen (secondary N) is 1. The molecule has 0 saturated carbocycles. The molecule has 5 heteroatoms. The molecule has 0 amide bonds. The van der Waals surface area contributed by atoms with Gasteiger partial charge in [-0.15, -0.1) is 0 Å². The fourth-order valence-corrected chi connectivity index (χ4v) is 2.59. The minimum absolute atomic E-state index is 0.0160. The number of carbonyl (C=O) groups excluding carboxylic acids is 3. The van der Waals surface area contributed by atoms with Crippen LogP contribution in [0.1, 0.15) is 58.8 Å². The molecule has 0 heterocycles. The van der Waals surface area contributed by atoms with Gasteiger partial charge in [-0.2, -0.15) is 0 Å². The zero-order chi connectivity index (χ0) is 17.0. The molecule has 2 atom stereocenters. The summed E-state index contributed by atoms with van der Waals surface area (Å²) in [6, 6.07) is 0. The molecule has 0 radical (unpaired) electrons. The first kappa shape index (κ1) is 20.8. The Hall–Kier alpha value is -1.23. The average Bonchev–Trinajstić information content (AvgIpc) is 2.48. The van der Waals surface area contributed by atoms with E-state index in [1.165, 1.54) is 14.0 Å². The number of hydrogen-bond acceptors (Lipinski definition) is 5. The molecule has 0 bridgehead atoms. The van der Waals surface area contributed by atoms with Crippen molar-refractivity contribution in [3.05, 3.63) is 0 Å². The summed E-state index contributed by atoms with van der Waals surface area (Å²) in [4.78, 5) is 35.5. The Labute approximate surface area is 134 Å². The summed E-state index contributed by atoms with van der Waals surface area (Å²) in [7, 11) is 3.24. The third kappa shape index (κ3) is 8.93. The molecule has 0 aromatic carbocycles. The number of rotatable bonds is 13. The van der Waals surface area contributed by atoms with E-state index in [0.717, 1.165) is 32.2 Å². The standard InChI is InChI=1S/C17H31NO4/c1-5-8-14(13(2)19)11-16(20)12-15(17(21)22-4)9-6-7-10-18-3/h14-15,18H,5-12H2,1-4H3/t14-,15-/m1/s1. The van der Waals surface area contributed by atoms with Gasteiger partial charge in [0, 0.05) is 18.8 Å². The predicted molar refractivity (Wildman–Crippen MR) is 86.6 cm³/mol. The van der Waals surface area contributed by atoms with Crippen molar-refractivity contribution in [3.63, 3.8) is 0 Å². The summed E-state index contributed by atoms with van der Waals surface area (Å²) >= 11 is 0. The van der Waals surface area contributed by atoms with Crippen molar-refractivity contribution >= 4 is 17.5 Å². The van der Waals surface area contributed by atoms with Gasteiger partial charge in [0.25, 0.3) is 0 Å². The Kier molecular flexibility index (Phi) is 11.6. The summed E-state index contributed by atoms with van der Waals surface area (Å²) < 4.78 is 4.80. The molecule has 5 nitrogen and oxygen atoms in total. The highest BCUT2D eigenvalue weighted by molar-refractivity contribution is 5.89. The van der Waals surface area contributed by atoms with E-state index in [-0.39, 0.29) is 42.2 Å². The summed E-state index contributed by atoms with van der Waals surface area (Å²) in [5.74, 6) is -0.882.